The summed E-state index contributed by atoms with van der Waals surface area (Å²) in [5.41, 5.74) is 0.635. The summed E-state index contributed by atoms with van der Waals surface area (Å²) >= 11 is 0. The van der Waals surface area contributed by atoms with E-state index in [1.165, 1.54) is 0 Å². The Kier molecular flexibility index (Phi) is 4.77. The molecule has 1 aliphatic heterocycles. The van der Waals surface area contributed by atoms with Gasteiger partial charge in [0.15, 0.2) is 0 Å². The highest BCUT2D eigenvalue weighted by Crippen LogP contribution is 2.14. The van der Waals surface area contributed by atoms with Crippen LogP contribution in [-0.2, 0) is 26.0 Å². The predicted molar refractivity (Wildman–Crippen MR) is 70.5 cm³/mol. The Bertz CT molecular complexity index is 560. The molecule has 0 aromatic carbocycles. The minimum Gasteiger partial charge on any atom is -0.380 e. The molecule has 0 aliphatic carbocycles. The molecule has 1 aromatic heterocycles. The lowest BCUT2D eigenvalue weighted by Crippen LogP contribution is -2.42. The monoisotopic (exact) mass is 302 g/mol. The van der Waals surface area contributed by atoms with Crippen molar-refractivity contribution in [2.75, 3.05) is 13.2 Å². The maximum Gasteiger partial charge on any atom is 0.240 e. The number of amides is 1. The Hall–Kier alpha value is -1.41. The molecule has 0 bridgehead atoms. The fourth-order valence-electron chi connectivity index (χ4n) is 2.03. The van der Waals surface area contributed by atoms with Gasteiger partial charge in [-0.05, 0) is 19.8 Å². The minimum absolute atomic E-state index is 0.0543. The third kappa shape index (κ3) is 4.04. The molecule has 1 N–H and O–H groups in total. The quantitative estimate of drug-likeness (QED) is 0.852. The van der Waals surface area contributed by atoms with Gasteiger partial charge in [-0.3, -0.25) is 9.52 Å². The lowest BCUT2D eigenvalue weighted by atomic mass is 10.2. The summed E-state index contributed by atoms with van der Waals surface area (Å²) in [6, 6.07) is 1.72. The molecule has 1 unspecified atom stereocenters. The first-order valence-electron chi connectivity index (χ1n) is 6.52. The van der Waals surface area contributed by atoms with E-state index in [-0.39, 0.29) is 13.0 Å². The fourth-order valence-corrected chi connectivity index (χ4v) is 3.36. The number of nitrogens with one attached hydrogen (secondary N) is 1. The molecule has 1 amide bonds. The molecular weight excluding hydrogens is 284 g/mol. The second-order valence-corrected chi connectivity index (χ2v) is 6.80. The zero-order valence-corrected chi connectivity index (χ0v) is 12.1. The molecule has 1 aliphatic rings. The predicted octanol–water partition coefficient (Wildman–Crippen LogP) is 0.541. The van der Waals surface area contributed by atoms with Crippen LogP contribution in [0, 0.1) is 6.92 Å². The third-order valence-electron chi connectivity index (χ3n) is 3.10. The second-order valence-electron chi connectivity index (χ2n) is 4.84. The molecule has 1 fully saturated rings. The molecule has 1 aromatic rings. The average molecular weight is 302 g/mol. The van der Waals surface area contributed by atoms with Gasteiger partial charge in [0.25, 0.3) is 0 Å². The molecular formula is C12H18N2O5S. The molecule has 0 saturated carbocycles. The standard InChI is InChI=1S/C12H18N2O5S/c1-9-7-10(13-19-9)4-5-12(15)14-20(16,17)11-3-2-6-18-8-11/h7,11H,2-6,8H2,1H3,(H,14,15). The van der Waals surface area contributed by atoms with Crippen molar-refractivity contribution in [3.05, 3.63) is 17.5 Å². The number of aromatic nitrogens is 1. The highest BCUT2D eigenvalue weighted by molar-refractivity contribution is 7.90. The van der Waals surface area contributed by atoms with E-state index < -0.39 is 21.2 Å². The zero-order valence-electron chi connectivity index (χ0n) is 11.3. The molecule has 112 valence electrons. The fraction of sp³-hybridized carbons (Fsp3) is 0.667. The van der Waals surface area contributed by atoms with Gasteiger partial charge in [0.1, 0.15) is 11.0 Å². The molecule has 7 nitrogen and oxygen atoms in total. The molecule has 20 heavy (non-hydrogen) atoms. The first kappa shape index (κ1) is 15.0. The number of hydrogen-bond donors (Lipinski definition) is 1. The number of rotatable bonds is 5. The summed E-state index contributed by atoms with van der Waals surface area (Å²) in [5.74, 6) is 0.128. The van der Waals surface area contributed by atoms with Crippen LogP contribution in [0.15, 0.2) is 10.6 Å². The second kappa shape index (κ2) is 6.36. The number of carbonyl (C=O) groups is 1. The number of ether oxygens (including phenoxy) is 1. The smallest absolute Gasteiger partial charge is 0.240 e. The normalized spacial score (nSPS) is 19.8. The number of nitrogens with zero attached hydrogens (tertiary/aromatic N) is 1. The van der Waals surface area contributed by atoms with Crippen molar-refractivity contribution in [3.8, 4) is 0 Å². The molecule has 8 heteroatoms. The van der Waals surface area contributed by atoms with Crippen LogP contribution in [0.25, 0.3) is 0 Å². The van der Waals surface area contributed by atoms with Crippen molar-refractivity contribution in [3.63, 3.8) is 0 Å². The van der Waals surface area contributed by atoms with Crippen molar-refractivity contribution < 1.29 is 22.5 Å². The van der Waals surface area contributed by atoms with Gasteiger partial charge in [-0.1, -0.05) is 5.16 Å². The lowest BCUT2D eigenvalue weighted by molar-refractivity contribution is -0.119. The van der Waals surface area contributed by atoms with Gasteiger partial charge in [-0.25, -0.2) is 8.42 Å². The molecule has 1 saturated heterocycles. The molecule has 2 heterocycles. The average Bonchev–Trinajstić information content (AvgIpc) is 2.83. The third-order valence-corrected chi connectivity index (χ3v) is 4.86. The van der Waals surface area contributed by atoms with Crippen molar-refractivity contribution in [1.82, 2.24) is 9.88 Å². The lowest BCUT2D eigenvalue weighted by Gasteiger charge is -2.22. The van der Waals surface area contributed by atoms with Gasteiger partial charge < -0.3 is 9.26 Å². The number of hydrogen-bond acceptors (Lipinski definition) is 6. The summed E-state index contributed by atoms with van der Waals surface area (Å²) in [6.45, 7) is 2.47. The highest BCUT2D eigenvalue weighted by atomic mass is 32.2. The van der Waals surface area contributed by atoms with Gasteiger partial charge in [-0.2, -0.15) is 0 Å². The van der Waals surface area contributed by atoms with Crippen LogP contribution in [0.5, 0.6) is 0 Å². The maximum atomic E-state index is 12.0. The summed E-state index contributed by atoms with van der Waals surface area (Å²) in [4.78, 5) is 11.7. The molecule has 0 radical (unpaired) electrons. The maximum absolute atomic E-state index is 12.0. The summed E-state index contributed by atoms with van der Waals surface area (Å²) in [7, 11) is -3.65. The zero-order chi connectivity index (χ0) is 14.6. The van der Waals surface area contributed by atoms with Gasteiger partial charge in [-0.15, -0.1) is 0 Å². The van der Waals surface area contributed by atoms with Gasteiger partial charge >= 0.3 is 0 Å². The Morgan fingerprint density at radius 2 is 2.35 bits per heavy atom. The molecule has 1 atom stereocenters. The summed E-state index contributed by atoms with van der Waals surface area (Å²) < 4.78 is 36.0. The van der Waals surface area contributed by atoms with Crippen molar-refractivity contribution >= 4 is 15.9 Å². The Labute approximate surface area is 117 Å². The Balaban J connectivity index is 1.83. The van der Waals surface area contributed by atoms with Gasteiger partial charge in [0.2, 0.25) is 15.9 Å². The van der Waals surface area contributed by atoms with E-state index in [4.69, 9.17) is 9.26 Å². The summed E-state index contributed by atoms with van der Waals surface area (Å²) in [6.07, 6.45) is 1.61. The van der Waals surface area contributed by atoms with Crippen molar-refractivity contribution in [2.24, 2.45) is 0 Å². The van der Waals surface area contributed by atoms with Crippen LogP contribution in [0.4, 0.5) is 0 Å². The number of carbonyl (C=O) groups excluding carboxylic acids is 1. The largest absolute Gasteiger partial charge is 0.380 e. The van der Waals surface area contributed by atoms with Crippen molar-refractivity contribution in [1.29, 1.82) is 0 Å². The Morgan fingerprint density at radius 1 is 1.55 bits per heavy atom. The van der Waals surface area contributed by atoms with E-state index in [1.54, 1.807) is 13.0 Å². The van der Waals surface area contributed by atoms with E-state index in [2.05, 4.69) is 9.88 Å². The minimum atomic E-state index is -3.65. The Morgan fingerprint density at radius 3 is 2.95 bits per heavy atom. The van der Waals surface area contributed by atoms with E-state index in [0.29, 0.717) is 37.3 Å². The van der Waals surface area contributed by atoms with Crippen LogP contribution < -0.4 is 4.72 Å². The van der Waals surface area contributed by atoms with Crippen LogP contribution >= 0.6 is 0 Å². The van der Waals surface area contributed by atoms with E-state index in [1.807, 2.05) is 0 Å². The molecule has 2 rings (SSSR count). The topological polar surface area (TPSA) is 98.5 Å². The van der Waals surface area contributed by atoms with Crippen LogP contribution in [0.1, 0.15) is 30.7 Å². The van der Waals surface area contributed by atoms with E-state index >= 15 is 0 Å². The number of aryl methyl sites for hydroxylation is 2. The highest BCUT2D eigenvalue weighted by Gasteiger charge is 2.29. The van der Waals surface area contributed by atoms with Crippen LogP contribution in [0.3, 0.4) is 0 Å². The first-order valence-corrected chi connectivity index (χ1v) is 8.06. The van der Waals surface area contributed by atoms with E-state index in [9.17, 15) is 13.2 Å². The van der Waals surface area contributed by atoms with E-state index in [0.717, 1.165) is 0 Å². The van der Waals surface area contributed by atoms with Gasteiger partial charge in [0.05, 0.1) is 12.3 Å². The molecule has 0 spiro atoms. The van der Waals surface area contributed by atoms with Crippen LogP contribution in [-0.4, -0.2) is 37.9 Å². The SMILES string of the molecule is Cc1cc(CCC(=O)NS(=O)(=O)C2CCCOC2)no1. The first-order chi connectivity index (χ1) is 9.47. The van der Waals surface area contributed by atoms with Gasteiger partial charge in [0, 0.05) is 25.5 Å². The summed E-state index contributed by atoms with van der Waals surface area (Å²) in [5, 5.41) is 3.11. The van der Waals surface area contributed by atoms with Crippen molar-refractivity contribution in [2.45, 2.75) is 37.9 Å². The van der Waals surface area contributed by atoms with Crippen LogP contribution in [0.2, 0.25) is 0 Å². The number of sulfonamides is 1.